The molecule has 0 bridgehead atoms. The second kappa shape index (κ2) is 6.94. The Hall–Kier alpha value is -2.51. The molecule has 1 fully saturated rings. The fourth-order valence-corrected chi connectivity index (χ4v) is 2.78. The number of ether oxygens (including phenoxy) is 1. The van der Waals surface area contributed by atoms with Crippen LogP contribution in [-0.2, 0) is 6.54 Å². The van der Waals surface area contributed by atoms with Crippen LogP contribution in [0.1, 0.15) is 21.9 Å². The Balaban J connectivity index is 1.63. The minimum absolute atomic E-state index is 0.160. The number of aryl methyl sites for hydroxylation is 1. The van der Waals surface area contributed by atoms with Crippen molar-refractivity contribution in [2.24, 2.45) is 0 Å². The Morgan fingerprint density at radius 1 is 1.38 bits per heavy atom. The highest BCUT2D eigenvalue weighted by Gasteiger charge is 2.33. The third-order valence-electron chi connectivity index (χ3n) is 3.90. The van der Waals surface area contributed by atoms with Crippen LogP contribution in [0.2, 0.25) is 0 Å². The Kier molecular flexibility index (Phi) is 4.73. The zero-order chi connectivity index (χ0) is 17.1. The summed E-state index contributed by atoms with van der Waals surface area (Å²) in [7, 11) is 0. The maximum atomic E-state index is 11.0. The van der Waals surface area contributed by atoms with E-state index in [1.165, 1.54) is 12.1 Å². The van der Waals surface area contributed by atoms with E-state index in [9.17, 15) is 9.90 Å². The van der Waals surface area contributed by atoms with E-state index < -0.39 is 18.2 Å². The van der Waals surface area contributed by atoms with E-state index in [-0.39, 0.29) is 5.56 Å². The summed E-state index contributed by atoms with van der Waals surface area (Å²) < 4.78 is 5.78. The topological polar surface area (TPSA) is 95.8 Å². The molecule has 24 heavy (non-hydrogen) atoms. The van der Waals surface area contributed by atoms with Crippen LogP contribution in [0.25, 0.3) is 0 Å². The van der Waals surface area contributed by atoms with Gasteiger partial charge in [-0.25, -0.2) is 14.8 Å². The summed E-state index contributed by atoms with van der Waals surface area (Å²) in [5.41, 5.74) is 1.05. The molecule has 1 aliphatic rings. The second-order valence-corrected chi connectivity index (χ2v) is 5.85. The fourth-order valence-electron chi connectivity index (χ4n) is 2.78. The van der Waals surface area contributed by atoms with Crippen molar-refractivity contribution in [2.75, 3.05) is 13.1 Å². The normalized spacial score (nSPS) is 20.9. The van der Waals surface area contributed by atoms with Crippen LogP contribution in [0.3, 0.4) is 0 Å². The molecule has 126 valence electrons. The molecular weight excluding hydrogens is 310 g/mol. The Labute approximate surface area is 139 Å². The second-order valence-electron chi connectivity index (χ2n) is 5.85. The fraction of sp³-hybridized carbons (Fsp3) is 0.353. The summed E-state index contributed by atoms with van der Waals surface area (Å²) in [5, 5.41) is 19.2. The van der Waals surface area contributed by atoms with Gasteiger partial charge in [-0.15, -0.1) is 0 Å². The molecule has 0 saturated carbocycles. The maximum absolute atomic E-state index is 11.0. The van der Waals surface area contributed by atoms with Crippen molar-refractivity contribution in [1.82, 2.24) is 14.9 Å². The van der Waals surface area contributed by atoms with Crippen LogP contribution in [0, 0.1) is 6.92 Å². The van der Waals surface area contributed by atoms with Crippen molar-refractivity contribution in [3.05, 3.63) is 53.6 Å². The standard InChI is InChI=1S/C17H19N3O4/c1-11-18-6-5-13(19-11)8-20-9-15(21)16(10-20)24-14-4-2-3-12(7-14)17(22)23/h2-7,15-16,21H,8-10H2,1H3,(H,22,23)/t15-,16-/m1/s1. The van der Waals surface area contributed by atoms with Gasteiger partial charge in [0.2, 0.25) is 0 Å². The van der Waals surface area contributed by atoms with Gasteiger partial charge in [0.25, 0.3) is 0 Å². The predicted molar refractivity (Wildman–Crippen MR) is 85.9 cm³/mol. The molecule has 0 radical (unpaired) electrons. The summed E-state index contributed by atoms with van der Waals surface area (Å²) in [6.45, 7) is 3.47. The number of carboxylic acids is 1. The lowest BCUT2D eigenvalue weighted by molar-refractivity contribution is 0.0688. The number of hydrogen-bond acceptors (Lipinski definition) is 6. The third kappa shape index (κ3) is 3.87. The number of hydrogen-bond donors (Lipinski definition) is 2. The lowest BCUT2D eigenvalue weighted by Gasteiger charge is -2.17. The first-order valence-corrected chi connectivity index (χ1v) is 7.70. The van der Waals surface area contributed by atoms with Gasteiger partial charge in [0.15, 0.2) is 0 Å². The van der Waals surface area contributed by atoms with Gasteiger partial charge < -0.3 is 14.9 Å². The Bertz CT molecular complexity index is 737. The number of aromatic carboxylic acids is 1. The van der Waals surface area contributed by atoms with Crippen molar-refractivity contribution in [2.45, 2.75) is 25.7 Å². The smallest absolute Gasteiger partial charge is 0.335 e. The van der Waals surface area contributed by atoms with Crippen molar-refractivity contribution in [3.8, 4) is 5.75 Å². The van der Waals surface area contributed by atoms with E-state index in [0.29, 0.717) is 31.2 Å². The zero-order valence-corrected chi connectivity index (χ0v) is 13.3. The molecule has 1 aliphatic heterocycles. The van der Waals surface area contributed by atoms with Crippen LogP contribution < -0.4 is 4.74 Å². The molecule has 0 unspecified atom stereocenters. The Morgan fingerprint density at radius 2 is 2.21 bits per heavy atom. The van der Waals surface area contributed by atoms with Gasteiger partial charge in [0, 0.05) is 25.8 Å². The number of β-amino-alcohol motifs (C(OH)–C–C–N with tert-alkyl or cyclic N) is 1. The van der Waals surface area contributed by atoms with Gasteiger partial charge in [0.1, 0.15) is 23.8 Å². The van der Waals surface area contributed by atoms with Crippen LogP contribution in [0.4, 0.5) is 0 Å². The molecule has 1 aromatic carbocycles. The molecule has 1 saturated heterocycles. The van der Waals surface area contributed by atoms with Crippen LogP contribution >= 0.6 is 0 Å². The molecule has 1 aromatic heterocycles. The molecule has 0 spiro atoms. The number of nitrogens with zero attached hydrogens (tertiary/aromatic N) is 3. The van der Waals surface area contributed by atoms with E-state index in [1.54, 1.807) is 18.3 Å². The highest BCUT2D eigenvalue weighted by molar-refractivity contribution is 5.88. The molecule has 7 heteroatoms. The Morgan fingerprint density at radius 3 is 2.96 bits per heavy atom. The number of aliphatic hydroxyl groups is 1. The van der Waals surface area contributed by atoms with Crippen LogP contribution in [-0.4, -0.2) is 56.3 Å². The average molecular weight is 329 g/mol. The molecular formula is C17H19N3O4. The maximum Gasteiger partial charge on any atom is 0.335 e. The van der Waals surface area contributed by atoms with E-state index >= 15 is 0 Å². The summed E-state index contributed by atoms with van der Waals surface area (Å²) in [6, 6.07) is 8.14. The molecule has 2 aromatic rings. The highest BCUT2D eigenvalue weighted by Crippen LogP contribution is 2.21. The van der Waals surface area contributed by atoms with Crippen LogP contribution in [0.5, 0.6) is 5.75 Å². The lowest BCUT2D eigenvalue weighted by Crippen LogP contribution is -2.30. The van der Waals surface area contributed by atoms with Gasteiger partial charge in [-0.2, -0.15) is 0 Å². The van der Waals surface area contributed by atoms with E-state index in [2.05, 4.69) is 14.9 Å². The number of carbonyl (C=O) groups is 1. The van der Waals surface area contributed by atoms with Crippen LogP contribution in [0.15, 0.2) is 36.5 Å². The number of aliphatic hydroxyl groups excluding tert-OH is 1. The number of rotatable bonds is 5. The SMILES string of the molecule is Cc1nccc(CN2C[C@@H](O)[C@H](Oc3cccc(C(=O)O)c3)C2)n1. The number of aromatic nitrogens is 2. The van der Waals surface area contributed by atoms with Crippen molar-refractivity contribution in [1.29, 1.82) is 0 Å². The average Bonchev–Trinajstić information content (AvgIpc) is 2.87. The summed E-state index contributed by atoms with van der Waals surface area (Å²) in [5.74, 6) is 0.150. The number of likely N-dealkylation sites (tertiary alicyclic amines) is 1. The zero-order valence-electron chi connectivity index (χ0n) is 13.3. The molecule has 3 rings (SSSR count). The summed E-state index contributed by atoms with van der Waals surface area (Å²) in [6.07, 6.45) is 0.675. The van der Waals surface area contributed by atoms with Gasteiger partial charge in [0.05, 0.1) is 11.3 Å². The number of carboxylic acid groups (broad SMARTS) is 1. The van der Waals surface area contributed by atoms with Crippen molar-refractivity contribution in [3.63, 3.8) is 0 Å². The molecule has 2 atom stereocenters. The van der Waals surface area contributed by atoms with Crippen molar-refractivity contribution < 1.29 is 19.7 Å². The number of benzene rings is 1. The molecule has 0 amide bonds. The molecule has 7 nitrogen and oxygen atoms in total. The quantitative estimate of drug-likeness (QED) is 0.848. The lowest BCUT2D eigenvalue weighted by atomic mass is 10.2. The largest absolute Gasteiger partial charge is 0.486 e. The van der Waals surface area contributed by atoms with Gasteiger partial charge in [-0.1, -0.05) is 6.07 Å². The minimum atomic E-state index is -1.01. The highest BCUT2D eigenvalue weighted by atomic mass is 16.5. The predicted octanol–water partition coefficient (Wildman–Crippen LogP) is 1.11. The van der Waals surface area contributed by atoms with Crippen molar-refractivity contribution >= 4 is 5.97 Å². The molecule has 0 aliphatic carbocycles. The third-order valence-corrected chi connectivity index (χ3v) is 3.90. The van der Waals surface area contributed by atoms with E-state index in [4.69, 9.17) is 9.84 Å². The first-order valence-electron chi connectivity index (χ1n) is 7.70. The van der Waals surface area contributed by atoms with Gasteiger partial charge in [-0.3, -0.25) is 4.90 Å². The summed E-state index contributed by atoms with van der Waals surface area (Å²) in [4.78, 5) is 21.5. The van der Waals surface area contributed by atoms with Gasteiger partial charge in [-0.05, 0) is 31.2 Å². The molecule has 2 N–H and O–H groups in total. The molecule has 2 heterocycles. The van der Waals surface area contributed by atoms with Gasteiger partial charge >= 0.3 is 5.97 Å². The van der Waals surface area contributed by atoms with E-state index in [0.717, 1.165) is 5.69 Å². The minimum Gasteiger partial charge on any atom is -0.486 e. The first kappa shape index (κ1) is 16.4. The summed E-state index contributed by atoms with van der Waals surface area (Å²) >= 11 is 0. The monoisotopic (exact) mass is 329 g/mol. The first-order chi connectivity index (χ1) is 11.5. The van der Waals surface area contributed by atoms with E-state index in [1.807, 2.05) is 13.0 Å².